The smallest absolute Gasteiger partial charge is 0.0991 e. The standard InChI is InChI=1S/C57H39N3.C56H38N4/c58-40-41-20-22-43(23-21-41)45-26-34-51(35-27-45)59(50-32-24-44(25-33-50)42-12-4-1-5-13-42)52-36-28-46(29-37-52)47-30-38-53(39-31-47)60-55-19-11-10-18-54(55)56(48-14-6-2-7-15-48)57(60)49-16-8-3-9-17-49;57-38-40-17-19-41(20-18-40)42-21-29-49(30-22-42)59(51-33-27-45(28-34-51)48-14-9-37-58-39-48)50-31-23-43(24-32-50)44-25-35-52(36-26-44)60-54-16-8-7-15-53(54)55(46-10-3-1-4-11-46)56(60)47-12-5-2-6-13-47/h1-39H;1-37,39H. The molecule has 20 aromatic rings. The van der Waals surface area contributed by atoms with E-state index >= 15 is 0 Å². The zero-order valence-corrected chi connectivity index (χ0v) is 65.6. The van der Waals surface area contributed by atoms with Gasteiger partial charge in [0.15, 0.2) is 0 Å². The van der Waals surface area contributed by atoms with Crippen LogP contribution in [0.25, 0.3) is 145 Å². The topological polar surface area (TPSA) is 76.8 Å². The molecule has 0 fully saturated rings. The van der Waals surface area contributed by atoms with Gasteiger partial charge in [-0.1, -0.05) is 315 Å². The summed E-state index contributed by atoms with van der Waals surface area (Å²) in [5.41, 5.74) is 35.3. The fraction of sp³-hybridized carbons (Fsp3) is 0. The molecule has 7 heteroatoms. The maximum Gasteiger partial charge on any atom is 0.0991 e. The molecule has 3 heterocycles. The molecule has 20 rings (SSSR count). The van der Waals surface area contributed by atoms with E-state index in [1.165, 1.54) is 77.7 Å². The van der Waals surface area contributed by atoms with E-state index in [0.29, 0.717) is 11.1 Å². The maximum atomic E-state index is 9.29. The molecule has 0 aliphatic carbocycles. The Kier molecular flexibility index (Phi) is 20.6. The zero-order chi connectivity index (χ0) is 80.5. The van der Waals surface area contributed by atoms with Crippen LogP contribution < -0.4 is 9.80 Å². The van der Waals surface area contributed by atoms with E-state index in [-0.39, 0.29) is 0 Å². The molecule has 0 aliphatic rings. The second-order valence-corrected chi connectivity index (χ2v) is 29.6. The van der Waals surface area contributed by atoms with E-state index in [0.717, 1.165) is 101 Å². The van der Waals surface area contributed by atoms with Crippen LogP contribution in [0.2, 0.25) is 0 Å². The summed E-state index contributed by atoms with van der Waals surface area (Å²) in [7, 11) is 0. The lowest BCUT2D eigenvalue weighted by Gasteiger charge is -2.26. The van der Waals surface area contributed by atoms with Crippen molar-refractivity contribution in [2.24, 2.45) is 0 Å². The predicted octanol–water partition coefficient (Wildman–Crippen LogP) is 30.0. The zero-order valence-electron chi connectivity index (χ0n) is 65.6. The summed E-state index contributed by atoms with van der Waals surface area (Å²) in [5.74, 6) is 0. The summed E-state index contributed by atoms with van der Waals surface area (Å²) < 4.78 is 4.82. The molecule has 0 atom stereocenters. The Morgan fingerprint density at radius 1 is 0.200 bits per heavy atom. The van der Waals surface area contributed by atoms with E-state index in [4.69, 9.17) is 0 Å². The van der Waals surface area contributed by atoms with Crippen molar-refractivity contribution < 1.29 is 0 Å². The Hall–Kier alpha value is -16.5. The number of hydrogen-bond donors (Lipinski definition) is 0. The summed E-state index contributed by atoms with van der Waals surface area (Å²) in [6.07, 6.45) is 3.69. The van der Waals surface area contributed by atoms with Gasteiger partial charge in [0, 0.05) is 79.8 Å². The number of rotatable bonds is 18. The Bertz CT molecular complexity index is 6580. The van der Waals surface area contributed by atoms with Crippen LogP contribution in [0.1, 0.15) is 11.1 Å². The van der Waals surface area contributed by atoms with E-state index in [1.54, 1.807) is 6.20 Å². The Balaban J connectivity index is 0.000000159. The predicted molar refractivity (Wildman–Crippen MR) is 498 cm³/mol. The molecule has 564 valence electrons. The Morgan fingerprint density at radius 3 is 0.700 bits per heavy atom. The quantitative estimate of drug-likeness (QED) is 0.0855. The number of hydrogen-bond acceptors (Lipinski definition) is 5. The van der Waals surface area contributed by atoms with Crippen molar-refractivity contribution in [3.05, 3.63) is 478 Å². The molecule has 7 nitrogen and oxygen atoms in total. The van der Waals surface area contributed by atoms with Crippen LogP contribution in [0.15, 0.2) is 467 Å². The van der Waals surface area contributed by atoms with Crippen molar-refractivity contribution in [2.75, 3.05) is 9.80 Å². The third-order valence-electron chi connectivity index (χ3n) is 22.4. The van der Waals surface area contributed by atoms with Gasteiger partial charge in [-0.25, -0.2) is 0 Å². The molecule has 0 saturated carbocycles. The molecule has 3 aromatic heterocycles. The van der Waals surface area contributed by atoms with Crippen LogP contribution in [-0.4, -0.2) is 14.1 Å². The molecule has 17 aromatic carbocycles. The molecule has 0 spiro atoms. The van der Waals surface area contributed by atoms with Gasteiger partial charge in [-0.3, -0.25) is 4.98 Å². The number of benzene rings is 17. The van der Waals surface area contributed by atoms with Crippen molar-refractivity contribution in [1.29, 1.82) is 10.5 Å². The lowest BCUT2D eigenvalue weighted by molar-refractivity contribution is 1.13. The van der Waals surface area contributed by atoms with Crippen LogP contribution in [-0.2, 0) is 0 Å². The molecular formula is C113H77N7. The van der Waals surface area contributed by atoms with Gasteiger partial charge in [-0.2, -0.15) is 10.5 Å². The Morgan fingerprint density at radius 2 is 0.425 bits per heavy atom. The number of aromatic nitrogens is 3. The number of fused-ring (bicyclic) bond motifs is 2. The van der Waals surface area contributed by atoms with Gasteiger partial charge in [-0.05, 0) is 229 Å². The normalized spacial score (nSPS) is 11.0. The minimum atomic E-state index is 0.653. The second kappa shape index (κ2) is 33.5. The molecule has 0 aliphatic heterocycles. The molecule has 120 heavy (non-hydrogen) atoms. The van der Waals surface area contributed by atoms with Crippen molar-refractivity contribution in [3.8, 4) is 135 Å². The highest BCUT2D eigenvalue weighted by Gasteiger charge is 2.25. The van der Waals surface area contributed by atoms with Crippen LogP contribution >= 0.6 is 0 Å². The van der Waals surface area contributed by atoms with Gasteiger partial charge < -0.3 is 18.9 Å². The third-order valence-corrected chi connectivity index (χ3v) is 22.4. The first-order chi connectivity index (χ1) is 59.4. The maximum absolute atomic E-state index is 9.29. The van der Waals surface area contributed by atoms with Crippen molar-refractivity contribution >= 4 is 55.9 Å². The van der Waals surface area contributed by atoms with Gasteiger partial charge in [0.1, 0.15) is 0 Å². The van der Waals surface area contributed by atoms with Crippen molar-refractivity contribution in [3.63, 3.8) is 0 Å². The number of nitrogens with zero attached hydrogens (tertiary/aromatic N) is 7. The molecule has 0 amide bonds. The monoisotopic (exact) mass is 1530 g/mol. The number of nitriles is 2. The van der Waals surface area contributed by atoms with Crippen LogP contribution in [0.4, 0.5) is 34.1 Å². The van der Waals surface area contributed by atoms with Gasteiger partial charge in [0.25, 0.3) is 0 Å². The highest BCUT2D eigenvalue weighted by Crippen LogP contribution is 2.47. The average molecular weight is 1530 g/mol. The summed E-state index contributed by atoms with van der Waals surface area (Å²) in [6.45, 7) is 0. The van der Waals surface area contributed by atoms with Gasteiger partial charge in [0.05, 0.1) is 45.7 Å². The number of pyridine rings is 1. The minimum Gasteiger partial charge on any atom is -0.311 e. The molecule has 0 N–H and O–H groups in total. The number of anilines is 6. The molecule has 0 saturated heterocycles. The number of para-hydroxylation sites is 2. The van der Waals surface area contributed by atoms with E-state index < -0.39 is 0 Å². The molecule has 0 unspecified atom stereocenters. The van der Waals surface area contributed by atoms with Gasteiger partial charge in [0.2, 0.25) is 0 Å². The largest absolute Gasteiger partial charge is 0.311 e. The summed E-state index contributed by atoms with van der Waals surface area (Å²) in [6, 6.07) is 165. The van der Waals surface area contributed by atoms with E-state index in [9.17, 15) is 10.5 Å². The first kappa shape index (κ1) is 73.7. The first-order valence-electron chi connectivity index (χ1n) is 40.3. The average Bonchev–Trinajstić information content (AvgIpc) is 1.59. The minimum absolute atomic E-state index is 0.653. The van der Waals surface area contributed by atoms with Crippen LogP contribution in [0.3, 0.4) is 0 Å². The first-order valence-corrected chi connectivity index (χ1v) is 40.3. The Labute approximate surface area is 699 Å². The van der Waals surface area contributed by atoms with Crippen LogP contribution in [0, 0.1) is 22.7 Å². The lowest BCUT2D eigenvalue weighted by atomic mass is 9.98. The van der Waals surface area contributed by atoms with E-state index in [2.05, 4.69) is 430 Å². The van der Waals surface area contributed by atoms with Crippen molar-refractivity contribution in [1.82, 2.24) is 14.1 Å². The lowest BCUT2D eigenvalue weighted by Crippen LogP contribution is -2.09. The van der Waals surface area contributed by atoms with Gasteiger partial charge >= 0.3 is 0 Å². The SMILES string of the molecule is N#Cc1ccc(-c2ccc(N(c3ccc(-c4ccc(-n5c(-c6ccccc6)c(-c6ccccc6)c6ccccc65)cc4)cc3)c3ccc(-c4cccnc4)cc3)cc2)cc1.N#Cc1ccc(-c2ccc(N(c3ccc(-c4ccccc4)cc3)c3ccc(-c4ccc(-n5c(-c6ccccc6)c(-c6ccccc6)c6ccccc65)cc4)cc3)cc2)cc1. The second-order valence-electron chi connectivity index (χ2n) is 29.6. The fourth-order valence-electron chi connectivity index (χ4n) is 16.5. The summed E-state index contributed by atoms with van der Waals surface area (Å²) in [4.78, 5) is 8.91. The fourth-order valence-corrected chi connectivity index (χ4v) is 16.5. The molecular weight excluding hydrogens is 1460 g/mol. The van der Waals surface area contributed by atoms with E-state index in [1.807, 2.05) is 66.9 Å². The van der Waals surface area contributed by atoms with Gasteiger partial charge in [-0.15, -0.1) is 0 Å². The van der Waals surface area contributed by atoms with Crippen molar-refractivity contribution in [2.45, 2.75) is 0 Å². The third kappa shape index (κ3) is 15.0. The summed E-state index contributed by atoms with van der Waals surface area (Å²) in [5, 5.41) is 21.0. The summed E-state index contributed by atoms with van der Waals surface area (Å²) >= 11 is 0. The van der Waals surface area contributed by atoms with Crippen LogP contribution in [0.5, 0.6) is 0 Å². The highest BCUT2D eigenvalue weighted by molar-refractivity contribution is 6.07. The highest BCUT2D eigenvalue weighted by atomic mass is 15.1. The molecule has 0 bridgehead atoms. The molecule has 0 radical (unpaired) electrons.